The van der Waals surface area contributed by atoms with Crippen LogP contribution in [-0.2, 0) is 21.4 Å². The van der Waals surface area contributed by atoms with Gasteiger partial charge in [0.05, 0.1) is 6.54 Å². The van der Waals surface area contributed by atoms with E-state index >= 15 is 0 Å². The fraction of sp³-hybridized carbons (Fsp3) is 0.200. The lowest BCUT2D eigenvalue weighted by Gasteiger charge is -2.13. The fourth-order valence-electron chi connectivity index (χ4n) is 2.59. The first-order chi connectivity index (χ1) is 13.4. The van der Waals surface area contributed by atoms with E-state index in [9.17, 15) is 13.2 Å². The fourth-order valence-corrected chi connectivity index (χ4v) is 3.85. The minimum atomic E-state index is -4.10. The molecule has 0 aliphatic rings. The molecule has 0 radical (unpaired) electrons. The molecule has 0 saturated heterocycles. The van der Waals surface area contributed by atoms with E-state index in [-0.39, 0.29) is 22.8 Å². The Labute approximate surface area is 163 Å². The van der Waals surface area contributed by atoms with E-state index < -0.39 is 16.1 Å². The maximum absolute atomic E-state index is 12.7. The summed E-state index contributed by atoms with van der Waals surface area (Å²) in [5.74, 6) is -0.744. The quantitative estimate of drug-likeness (QED) is 0.447. The van der Waals surface area contributed by atoms with E-state index in [1.165, 1.54) is 18.2 Å². The molecule has 7 nitrogen and oxygen atoms in total. The van der Waals surface area contributed by atoms with Crippen molar-refractivity contribution in [3.05, 3.63) is 77.6 Å². The number of para-hydroxylation sites is 1. The lowest BCUT2D eigenvalue weighted by Crippen LogP contribution is -2.16. The number of esters is 1. The number of nitrogens with zero attached hydrogens (tertiary/aromatic N) is 2. The van der Waals surface area contributed by atoms with Crippen LogP contribution in [0.1, 0.15) is 21.5 Å². The van der Waals surface area contributed by atoms with Gasteiger partial charge in [0.25, 0.3) is 0 Å². The van der Waals surface area contributed by atoms with Gasteiger partial charge in [0.2, 0.25) is 0 Å². The van der Waals surface area contributed by atoms with Gasteiger partial charge in [-0.25, -0.2) is 4.79 Å². The zero-order chi connectivity index (χ0) is 20.1. The van der Waals surface area contributed by atoms with Crippen LogP contribution in [0.3, 0.4) is 0 Å². The van der Waals surface area contributed by atoms with Crippen LogP contribution in [0.25, 0.3) is 0 Å². The van der Waals surface area contributed by atoms with Crippen LogP contribution in [0.2, 0.25) is 0 Å². The zero-order valence-corrected chi connectivity index (χ0v) is 16.3. The predicted octanol–water partition coefficient (Wildman–Crippen LogP) is 3.12. The van der Waals surface area contributed by atoms with Crippen LogP contribution in [0.4, 0.5) is 0 Å². The summed E-state index contributed by atoms with van der Waals surface area (Å²) >= 11 is 0. The minimum absolute atomic E-state index is 0.0387. The summed E-state index contributed by atoms with van der Waals surface area (Å²) in [7, 11) is -4.10. The molecule has 0 unspecified atom stereocenters. The van der Waals surface area contributed by atoms with Gasteiger partial charge in [-0.3, -0.25) is 4.68 Å². The van der Waals surface area contributed by atoms with Gasteiger partial charge in [-0.2, -0.15) is 13.5 Å². The van der Waals surface area contributed by atoms with Gasteiger partial charge >= 0.3 is 16.1 Å². The van der Waals surface area contributed by atoms with E-state index in [1.54, 1.807) is 55.2 Å². The topological polar surface area (TPSA) is 87.5 Å². The first kappa shape index (κ1) is 19.6. The van der Waals surface area contributed by atoms with E-state index in [4.69, 9.17) is 8.92 Å². The SMILES string of the molecule is Cc1ccc(C)c(S(=O)(=O)Oc2ccccc2C(=O)OCCn2cccn2)c1. The van der Waals surface area contributed by atoms with Crippen molar-refractivity contribution >= 4 is 16.1 Å². The molecule has 0 fully saturated rings. The molecule has 1 aromatic heterocycles. The maximum atomic E-state index is 12.7. The number of carbonyl (C=O) groups excluding carboxylic acids is 1. The summed E-state index contributed by atoms with van der Waals surface area (Å²) in [6, 6.07) is 12.9. The lowest BCUT2D eigenvalue weighted by atomic mass is 10.2. The number of carbonyl (C=O) groups is 1. The highest BCUT2D eigenvalue weighted by Crippen LogP contribution is 2.25. The van der Waals surface area contributed by atoms with Crippen LogP contribution in [0.15, 0.2) is 65.8 Å². The monoisotopic (exact) mass is 400 g/mol. The third-order valence-electron chi connectivity index (χ3n) is 4.03. The third-order valence-corrected chi connectivity index (χ3v) is 5.41. The molecule has 0 spiro atoms. The van der Waals surface area contributed by atoms with Gasteiger partial charge in [-0.1, -0.05) is 24.3 Å². The van der Waals surface area contributed by atoms with Crippen molar-refractivity contribution in [1.29, 1.82) is 0 Å². The molecule has 0 bridgehead atoms. The van der Waals surface area contributed by atoms with Crippen molar-refractivity contribution in [2.45, 2.75) is 25.3 Å². The second kappa shape index (κ2) is 8.26. The van der Waals surface area contributed by atoms with Gasteiger partial charge in [0.15, 0.2) is 5.75 Å². The van der Waals surface area contributed by atoms with Crippen LogP contribution in [0.5, 0.6) is 5.75 Å². The summed E-state index contributed by atoms with van der Waals surface area (Å²) < 4.78 is 37.6. The van der Waals surface area contributed by atoms with Crippen molar-refractivity contribution in [1.82, 2.24) is 9.78 Å². The van der Waals surface area contributed by atoms with Crippen LogP contribution >= 0.6 is 0 Å². The largest absolute Gasteiger partial charge is 0.460 e. The molecule has 0 N–H and O–H groups in total. The van der Waals surface area contributed by atoms with E-state index in [2.05, 4.69) is 5.10 Å². The van der Waals surface area contributed by atoms with Gasteiger partial charge in [0.1, 0.15) is 17.1 Å². The highest BCUT2D eigenvalue weighted by Gasteiger charge is 2.23. The second-order valence-corrected chi connectivity index (χ2v) is 7.72. The summed E-state index contributed by atoms with van der Waals surface area (Å²) in [5, 5.41) is 4.02. The Morgan fingerprint density at radius 1 is 1.11 bits per heavy atom. The Morgan fingerprint density at radius 2 is 1.89 bits per heavy atom. The molecule has 146 valence electrons. The van der Waals surface area contributed by atoms with Gasteiger partial charge in [0, 0.05) is 12.4 Å². The standard InChI is InChI=1S/C20H20N2O5S/c1-15-8-9-16(2)19(14-15)28(24,25)27-18-7-4-3-6-17(18)20(23)26-13-12-22-11-5-10-21-22/h3-11,14H,12-13H2,1-2H3. The highest BCUT2D eigenvalue weighted by molar-refractivity contribution is 7.87. The zero-order valence-electron chi connectivity index (χ0n) is 15.5. The average molecular weight is 400 g/mol. The number of aryl methyl sites for hydroxylation is 2. The Balaban J connectivity index is 1.77. The molecule has 3 aromatic rings. The molecule has 3 rings (SSSR count). The molecule has 28 heavy (non-hydrogen) atoms. The molecular formula is C20H20N2O5S. The number of benzene rings is 2. The predicted molar refractivity (Wildman–Crippen MR) is 103 cm³/mol. The molecule has 1 heterocycles. The van der Waals surface area contributed by atoms with Crippen LogP contribution < -0.4 is 4.18 Å². The van der Waals surface area contributed by atoms with Crippen molar-refractivity contribution in [2.24, 2.45) is 0 Å². The van der Waals surface area contributed by atoms with Crippen molar-refractivity contribution in [3.8, 4) is 5.75 Å². The van der Waals surface area contributed by atoms with Gasteiger partial charge < -0.3 is 8.92 Å². The Morgan fingerprint density at radius 3 is 2.64 bits per heavy atom. The molecule has 0 atom stereocenters. The van der Waals surface area contributed by atoms with Crippen LogP contribution in [-0.4, -0.2) is 30.8 Å². The number of rotatable bonds is 7. The molecule has 0 aliphatic carbocycles. The Kier molecular flexibility index (Phi) is 5.79. The summed E-state index contributed by atoms with van der Waals surface area (Å²) in [6.07, 6.45) is 3.38. The maximum Gasteiger partial charge on any atom is 0.342 e. The molecule has 0 amide bonds. The van der Waals surface area contributed by atoms with E-state index in [0.29, 0.717) is 12.1 Å². The molecule has 8 heteroatoms. The first-order valence-corrected chi connectivity index (χ1v) is 10.0. The Hall–Kier alpha value is -3.13. The lowest BCUT2D eigenvalue weighted by molar-refractivity contribution is 0.0486. The molecular weight excluding hydrogens is 380 g/mol. The first-order valence-electron chi connectivity index (χ1n) is 8.62. The minimum Gasteiger partial charge on any atom is -0.460 e. The van der Waals surface area contributed by atoms with E-state index in [0.717, 1.165) is 5.56 Å². The van der Waals surface area contributed by atoms with Crippen molar-refractivity contribution in [3.63, 3.8) is 0 Å². The van der Waals surface area contributed by atoms with Gasteiger partial charge in [-0.05, 0) is 49.2 Å². The number of aromatic nitrogens is 2. The molecule has 0 aliphatic heterocycles. The third kappa shape index (κ3) is 4.58. The normalized spacial score (nSPS) is 11.2. The highest BCUT2D eigenvalue weighted by atomic mass is 32.2. The number of hydrogen-bond donors (Lipinski definition) is 0. The van der Waals surface area contributed by atoms with Crippen molar-refractivity contribution < 1.29 is 22.1 Å². The Bertz CT molecular complexity index is 1080. The summed E-state index contributed by atoms with van der Waals surface area (Å²) in [4.78, 5) is 12.5. The summed E-state index contributed by atoms with van der Waals surface area (Å²) in [6.45, 7) is 3.97. The number of hydrogen-bond acceptors (Lipinski definition) is 6. The summed E-state index contributed by atoms with van der Waals surface area (Å²) in [5.41, 5.74) is 1.39. The van der Waals surface area contributed by atoms with Gasteiger partial charge in [-0.15, -0.1) is 0 Å². The molecule has 0 saturated carbocycles. The second-order valence-electron chi connectivity index (χ2n) is 6.21. The van der Waals surface area contributed by atoms with Crippen LogP contribution in [0, 0.1) is 13.8 Å². The number of ether oxygens (including phenoxy) is 1. The van der Waals surface area contributed by atoms with Crippen molar-refractivity contribution in [2.75, 3.05) is 6.61 Å². The average Bonchev–Trinajstić information content (AvgIpc) is 3.17. The van der Waals surface area contributed by atoms with E-state index in [1.807, 2.05) is 6.07 Å². The molecule has 2 aromatic carbocycles. The smallest absolute Gasteiger partial charge is 0.342 e.